The fourth-order valence-corrected chi connectivity index (χ4v) is 3.17. The molecule has 0 spiro atoms. The fraction of sp³-hybridized carbons (Fsp3) is 0.316. The van der Waals surface area contributed by atoms with Crippen molar-refractivity contribution in [3.05, 3.63) is 53.1 Å². The number of hydrogen-bond donors (Lipinski definition) is 0. The zero-order valence-electron chi connectivity index (χ0n) is 13.8. The molecule has 4 heteroatoms. The Morgan fingerprint density at radius 2 is 1.96 bits per heavy atom. The van der Waals surface area contributed by atoms with E-state index in [0.717, 1.165) is 30.6 Å². The van der Waals surface area contributed by atoms with Crippen LogP contribution < -0.4 is 14.4 Å². The van der Waals surface area contributed by atoms with Crippen molar-refractivity contribution in [2.24, 2.45) is 0 Å². The summed E-state index contributed by atoms with van der Waals surface area (Å²) in [5.41, 5.74) is 3.96. The molecule has 120 valence electrons. The van der Waals surface area contributed by atoms with Crippen LogP contribution in [0.1, 0.15) is 27.9 Å². The van der Waals surface area contributed by atoms with E-state index in [1.807, 2.05) is 4.90 Å². The lowest BCUT2D eigenvalue weighted by Gasteiger charge is -2.31. The van der Waals surface area contributed by atoms with Gasteiger partial charge in [-0.25, -0.2) is 0 Å². The van der Waals surface area contributed by atoms with Crippen molar-refractivity contribution in [3.8, 4) is 11.5 Å². The number of carbonyl (C=O) groups is 1. The highest BCUT2D eigenvalue weighted by Gasteiger charge is 2.27. The number of anilines is 1. The molecule has 0 aliphatic carbocycles. The van der Waals surface area contributed by atoms with Gasteiger partial charge in [0.15, 0.2) is 0 Å². The van der Waals surface area contributed by atoms with E-state index in [4.69, 9.17) is 9.47 Å². The predicted molar refractivity (Wildman–Crippen MR) is 90.7 cm³/mol. The number of nitrogens with zero attached hydrogens (tertiary/aromatic N) is 1. The minimum absolute atomic E-state index is 0.0280. The molecule has 0 atom stereocenters. The number of ether oxygens (including phenoxy) is 2. The Morgan fingerprint density at radius 1 is 1.13 bits per heavy atom. The van der Waals surface area contributed by atoms with E-state index in [1.165, 1.54) is 5.56 Å². The normalized spacial score (nSPS) is 13.4. The van der Waals surface area contributed by atoms with E-state index in [2.05, 4.69) is 25.1 Å². The van der Waals surface area contributed by atoms with Crippen LogP contribution in [0.4, 0.5) is 5.69 Å². The van der Waals surface area contributed by atoms with E-state index in [1.54, 1.807) is 32.4 Å². The second-order valence-corrected chi connectivity index (χ2v) is 5.71. The molecule has 0 unspecified atom stereocenters. The molecule has 0 radical (unpaired) electrons. The Bertz CT molecular complexity index is 739. The summed E-state index contributed by atoms with van der Waals surface area (Å²) in [7, 11) is 3.17. The van der Waals surface area contributed by atoms with E-state index >= 15 is 0 Å². The Kier molecular flexibility index (Phi) is 4.24. The van der Waals surface area contributed by atoms with Crippen LogP contribution >= 0.6 is 0 Å². The summed E-state index contributed by atoms with van der Waals surface area (Å²) in [6.07, 6.45) is 1.99. The van der Waals surface area contributed by atoms with Gasteiger partial charge in [0.1, 0.15) is 11.5 Å². The summed E-state index contributed by atoms with van der Waals surface area (Å²) < 4.78 is 10.6. The van der Waals surface area contributed by atoms with Crippen LogP contribution in [0, 0.1) is 6.92 Å². The first kappa shape index (κ1) is 15.4. The molecule has 0 bridgehead atoms. The highest BCUT2D eigenvalue weighted by atomic mass is 16.5. The predicted octanol–water partition coefficient (Wildman–Crippen LogP) is 3.61. The average molecular weight is 311 g/mol. The lowest BCUT2D eigenvalue weighted by Crippen LogP contribution is -2.36. The largest absolute Gasteiger partial charge is 0.497 e. The number of aryl methyl sites for hydroxylation is 2. The second-order valence-electron chi connectivity index (χ2n) is 5.71. The van der Waals surface area contributed by atoms with Gasteiger partial charge in [0.2, 0.25) is 0 Å². The van der Waals surface area contributed by atoms with Crippen molar-refractivity contribution in [1.82, 2.24) is 0 Å². The van der Waals surface area contributed by atoms with Crippen molar-refractivity contribution >= 4 is 11.6 Å². The standard InChI is InChI=1S/C19H21NO3/c1-13-6-4-7-14-8-5-11-20(18(13)14)19(21)16-10-9-15(22-2)12-17(16)23-3/h4,6-7,9-10,12H,5,8,11H2,1-3H3. The lowest BCUT2D eigenvalue weighted by molar-refractivity contribution is 0.0982. The van der Waals surface area contributed by atoms with Crippen LogP contribution in [-0.2, 0) is 6.42 Å². The van der Waals surface area contributed by atoms with Gasteiger partial charge in [-0.05, 0) is 43.0 Å². The average Bonchev–Trinajstić information content (AvgIpc) is 2.60. The topological polar surface area (TPSA) is 38.8 Å². The van der Waals surface area contributed by atoms with Gasteiger partial charge in [-0.2, -0.15) is 0 Å². The Labute approximate surface area is 136 Å². The van der Waals surface area contributed by atoms with E-state index < -0.39 is 0 Å². The first-order valence-corrected chi connectivity index (χ1v) is 7.78. The quantitative estimate of drug-likeness (QED) is 0.869. The minimum atomic E-state index is -0.0280. The molecule has 1 amide bonds. The Morgan fingerprint density at radius 3 is 2.70 bits per heavy atom. The molecule has 4 nitrogen and oxygen atoms in total. The Balaban J connectivity index is 2.03. The summed E-state index contributed by atoms with van der Waals surface area (Å²) in [6.45, 7) is 2.78. The number of rotatable bonds is 3. The zero-order valence-corrected chi connectivity index (χ0v) is 13.8. The van der Waals surface area contributed by atoms with Crippen LogP contribution in [-0.4, -0.2) is 26.7 Å². The smallest absolute Gasteiger partial charge is 0.262 e. The maximum Gasteiger partial charge on any atom is 0.262 e. The fourth-order valence-electron chi connectivity index (χ4n) is 3.17. The third-order valence-electron chi connectivity index (χ3n) is 4.30. The van der Waals surface area contributed by atoms with E-state index in [9.17, 15) is 4.79 Å². The van der Waals surface area contributed by atoms with Crippen LogP contribution in [0.3, 0.4) is 0 Å². The van der Waals surface area contributed by atoms with E-state index in [0.29, 0.717) is 17.1 Å². The summed E-state index contributed by atoms with van der Waals surface area (Å²) >= 11 is 0. The summed E-state index contributed by atoms with van der Waals surface area (Å²) in [5.74, 6) is 1.18. The van der Waals surface area contributed by atoms with Gasteiger partial charge in [0.05, 0.1) is 25.5 Å². The van der Waals surface area contributed by atoms with Gasteiger partial charge in [0.25, 0.3) is 5.91 Å². The molecule has 2 aromatic carbocycles. The zero-order chi connectivity index (χ0) is 16.4. The molecule has 23 heavy (non-hydrogen) atoms. The van der Waals surface area contributed by atoms with Crippen molar-refractivity contribution in [1.29, 1.82) is 0 Å². The Hall–Kier alpha value is -2.49. The van der Waals surface area contributed by atoms with Crippen molar-refractivity contribution in [3.63, 3.8) is 0 Å². The van der Waals surface area contributed by atoms with Gasteiger partial charge >= 0.3 is 0 Å². The molecule has 1 aliphatic rings. The van der Waals surface area contributed by atoms with Crippen LogP contribution in [0.5, 0.6) is 11.5 Å². The highest BCUT2D eigenvalue weighted by Crippen LogP contribution is 2.33. The maximum absolute atomic E-state index is 13.1. The van der Waals surface area contributed by atoms with Gasteiger partial charge in [0, 0.05) is 12.6 Å². The number of para-hydroxylation sites is 1. The molecule has 2 aromatic rings. The van der Waals surface area contributed by atoms with Crippen molar-refractivity contribution in [2.45, 2.75) is 19.8 Å². The molecular weight excluding hydrogens is 290 g/mol. The lowest BCUT2D eigenvalue weighted by atomic mass is 9.97. The number of methoxy groups -OCH3 is 2. The van der Waals surface area contributed by atoms with Crippen LogP contribution in [0.25, 0.3) is 0 Å². The number of benzene rings is 2. The molecule has 3 rings (SSSR count). The summed E-state index contributed by atoms with van der Waals surface area (Å²) in [4.78, 5) is 15.0. The van der Waals surface area contributed by atoms with Gasteiger partial charge < -0.3 is 14.4 Å². The van der Waals surface area contributed by atoms with E-state index in [-0.39, 0.29) is 5.91 Å². The first-order chi connectivity index (χ1) is 11.2. The van der Waals surface area contributed by atoms with Crippen molar-refractivity contribution in [2.75, 3.05) is 25.7 Å². The molecule has 0 N–H and O–H groups in total. The maximum atomic E-state index is 13.1. The molecule has 1 heterocycles. The van der Waals surface area contributed by atoms with Crippen molar-refractivity contribution < 1.29 is 14.3 Å². The third-order valence-corrected chi connectivity index (χ3v) is 4.30. The second kappa shape index (κ2) is 6.32. The molecular formula is C19H21NO3. The first-order valence-electron chi connectivity index (χ1n) is 7.78. The highest BCUT2D eigenvalue weighted by molar-refractivity contribution is 6.09. The van der Waals surface area contributed by atoms with Crippen LogP contribution in [0.2, 0.25) is 0 Å². The SMILES string of the molecule is COc1ccc(C(=O)N2CCCc3cccc(C)c32)c(OC)c1. The van der Waals surface area contributed by atoms with Gasteiger partial charge in [-0.15, -0.1) is 0 Å². The van der Waals surface area contributed by atoms with Crippen LogP contribution in [0.15, 0.2) is 36.4 Å². The molecule has 0 saturated carbocycles. The van der Waals surface area contributed by atoms with Gasteiger partial charge in [-0.3, -0.25) is 4.79 Å². The third kappa shape index (κ3) is 2.77. The molecule has 0 saturated heterocycles. The number of hydrogen-bond acceptors (Lipinski definition) is 3. The summed E-state index contributed by atoms with van der Waals surface area (Å²) in [6, 6.07) is 11.5. The number of amides is 1. The number of fused-ring (bicyclic) bond motifs is 1. The van der Waals surface area contributed by atoms with Gasteiger partial charge in [-0.1, -0.05) is 18.2 Å². The molecule has 0 fully saturated rings. The minimum Gasteiger partial charge on any atom is -0.497 e. The number of carbonyl (C=O) groups excluding carboxylic acids is 1. The molecule has 0 aromatic heterocycles. The molecule has 1 aliphatic heterocycles. The summed E-state index contributed by atoms with van der Waals surface area (Å²) in [5, 5.41) is 0. The monoisotopic (exact) mass is 311 g/mol.